The van der Waals surface area contributed by atoms with Crippen LogP contribution in [0.1, 0.15) is 11.4 Å². The van der Waals surface area contributed by atoms with E-state index < -0.39 is 6.10 Å². The van der Waals surface area contributed by atoms with Gasteiger partial charge >= 0.3 is 0 Å². The number of rotatable bonds is 5. The zero-order chi connectivity index (χ0) is 12.8. The number of ether oxygens (including phenoxy) is 1. The molecule has 0 bridgehead atoms. The van der Waals surface area contributed by atoms with E-state index in [0.29, 0.717) is 18.2 Å². The Morgan fingerprint density at radius 3 is 2.88 bits per heavy atom. The van der Waals surface area contributed by atoms with Crippen LogP contribution in [-0.2, 0) is 4.74 Å². The first-order valence-corrected chi connectivity index (χ1v) is 5.20. The van der Waals surface area contributed by atoms with Gasteiger partial charge in [0, 0.05) is 26.4 Å². The minimum Gasteiger partial charge on any atom is -0.389 e. The highest BCUT2D eigenvalue weighted by molar-refractivity contribution is 5.35. The molecule has 0 aliphatic carbocycles. The Balaban J connectivity index is 2.78. The minimum atomic E-state index is -0.611. The number of aliphatic hydroxyl groups is 1. The molecule has 1 heterocycles. The van der Waals surface area contributed by atoms with Gasteiger partial charge in [0.15, 0.2) is 0 Å². The van der Waals surface area contributed by atoms with Crippen molar-refractivity contribution >= 4 is 5.95 Å². The Bertz CT molecular complexity index is 416. The number of anilines is 1. The summed E-state index contributed by atoms with van der Waals surface area (Å²) in [5.74, 6) is 0.428. The molecule has 1 rings (SSSR count). The van der Waals surface area contributed by atoms with Crippen molar-refractivity contribution in [2.24, 2.45) is 0 Å². The Kier molecular flexibility index (Phi) is 4.82. The van der Waals surface area contributed by atoms with E-state index in [1.807, 2.05) is 6.07 Å². The van der Waals surface area contributed by atoms with Crippen LogP contribution in [0.3, 0.4) is 0 Å². The molecule has 1 atom stereocenters. The lowest BCUT2D eigenvalue weighted by Crippen LogP contribution is -2.33. The molecule has 0 aliphatic heterocycles. The van der Waals surface area contributed by atoms with Gasteiger partial charge in [-0.3, -0.25) is 0 Å². The van der Waals surface area contributed by atoms with E-state index in [9.17, 15) is 5.11 Å². The van der Waals surface area contributed by atoms with Crippen LogP contribution in [0.5, 0.6) is 0 Å². The van der Waals surface area contributed by atoms with Crippen LogP contribution in [0.2, 0.25) is 0 Å². The van der Waals surface area contributed by atoms with Crippen LogP contribution in [0.25, 0.3) is 0 Å². The highest BCUT2D eigenvalue weighted by atomic mass is 16.5. The molecule has 1 aromatic rings. The van der Waals surface area contributed by atoms with E-state index >= 15 is 0 Å². The van der Waals surface area contributed by atoms with Gasteiger partial charge in [0.1, 0.15) is 11.8 Å². The minimum absolute atomic E-state index is 0.251. The smallest absolute Gasteiger partial charge is 0.226 e. The van der Waals surface area contributed by atoms with Crippen molar-refractivity contribution < 1.29 is 9.84 Å². The second-order valence-corrected chi connectivity index (χ2v) is 3.80. The first kappa shape index (κ1) is 13.4. The van der Waals surface area contributed by atoms with Gasteiger partial charge in [-0.25, -0.2) is 9.97 Å². The van der Waals surface area contributed by atoms with Crippen molar-refractivity contribution in [3.63, 3.8) is 0 Å². The molecule has 0 saturated carbocycles. The monoisotopic (exact) mass is 236 g/mol. The van der Waals surface area contributed by atoms with Gasteiger partial charge in [-0.1, -0.05) is 0 Å². The number of aliphatic hydroxyl groups excluding tert-OH is 1. The third kappa shape index (κ3) is 3.98. The van der Waals surface area contributed by atoms with Crippen molar-refractivity contribution in [3.05, 3.63) is 17.5 Å². The summed E-state index contributed by atoms with van der Waals surface area (Å²) >= 11 is 0. The molecule has 0 spiro atoms. The standard InChI is InChI=1S/C11H16N4O2/c1-8-4-9(5-12)14-11(13-8)15(2)6-10(16)7-17-3/h4,10,16H,6-7H2,1-3H3. The molecule has 17 heavy (non-hydrogen) atoms. The van der Waals surface area contributed by atoms with E-state index in [4.69, 9.17) is 10.00 Å². The predicted octanol–water partition coefficient (Wildman–Crippen LogP) is 0.100. The third-order valence-electron chi connectivity index (χ3n) is 2.14. The summed E-state index contributed by atoms with van der Waals surface area (Å²) in [6, 6.07) is 3.59. The highest BCUT2D eigenvalue weighted by Gasteiger charge is 2.12. The normalized spacial score (nSPS) is 11.9. The lowest BCUT2D eigenvalue weighted by Gasteiger charge is -2.20. The molecule has 1 N–H and O–H groups in total. The Morgan fingerprint density at radius 2 is 2.29 bits per heavy atom. The van der Waals surface area contributed by atoms with Gasteiger partial charge in [-0.05, 0) is 13.0 Å². The van der Waals surface area contributed by atoms with E-state index in [-0.39, 0.29) is 6.61 Å². The maximum Gasteiger partial charge on any atom is 0.226 e. The molecular formula is C11H16N4O2. The van der Waals surface area contributed by atoms with Gasteiger partial charge in [-0.15, -0.1) is 0 Å². The van der Waals surface area contributed by atoms with Crippen LogP contribution in [0, 0.1) is 18.3 Å². The van der Waals surface area contributed by atoms with Gasteiger partial charge in [-0.2, -0.15) is 5.26 Å². The lowest BCUT2D eigenvalue weighted by molar-refractivity contribution is 0.0693. The third-order valence-corrected chi connectivity index (χ3v) is 2.14. The summed E-state index contributed by atoms with van der Waals surface area (Å²) in [7, 11) is 3.29. The Hall–Kier alpha value is -1.71. The molecule has 92 valence electrons. The predicted molar refractivity (Wildman–Crippen MR) is 62.6 cm³/mol. The van der Waals surface area contributed by atoms with Crippen molar-refractivity contribution in [1.29, 1.82) is 5.26 Å². The average Bonchev–Trinajstić information content (AvgIpc) is 2.28. The molecular weight excluding hydrogens is 220 g/mol. The van der Waals surface area contributed by atoms with Crippen molar-refractivity contribution in [2.75, 3.05) is 32.2 Å². The summed E-state index contributed by atoms with van der Waals surface area (Å²) in [4.78, 5) is 9.97. The van der Waals surface area contributed by atoms with Gasteiger partial charge in [0.25, 0.3) is 0 Å². The number of hydrogen-bond donors (Lipinski definition) is 1. The highest BCUT2D eigenvalue weighted by Crippen LogP contribution is 2.08. The topological polar surface area (TPSA) is 82.3 Å². The average molecular weight is 236 g/mol. The number of nitrogens with zero attached hydrogens (tertiary/aromatic N) is 4. The molecule has 0 saturated heterocycles. The summed E-state index contributed by atoms with van der Waals surface area (Å²) < 4.78 is 4.84. The number of aryl methyl sites for hydroxylation is 1. The first-order valence-electron chi connectivity index (χ1n) is 5.20. The molecule has 6 heteroatoms. The fraction of sp³-hybridized carbons (Fsp3) is 0.545. The number of aromatic nitrogens is 2. The molecule has 6 nitrogen and oxygen atoms in total. The Morgan fingerprint density at radius 1 is 1.59 bits per heavy atom. The largest absolute Gasteiger partial charge is 0.389 e. The van der Waals surface area contributed by atoms with E-state index in [2.05, 4.69) is 9.97 Å². The van der Waals surface area contributed by atoms with E-state index in [1.165, 1.54) is 7.11 Å². The molecule has 1 aromatic heterocycles. The zero-order valence-electron chi connectivity index (χ0n) is 10.2. The molecule has 1 unspecified atom stereocenters. The number of likely N-dealkylation sites (N-methyl/N-ethyl adjacent to an activating group) is 1. The van der Waals surface area contributed by atoms with E-state index in [0.717, 1.165) is 5.69 Å². The second-order valence-electron chi connectivity index (χ2n) is 3.80. The number of methoxy groups -OCH3 is 1. The first-order chi connectivity index (χ1) is 8.06. The van der Waals surface area contributed by atoms with Crippen molar-refractivity contribution in [1.82, 2.24) is 9.97 Å². The molecule has 0 fully saturated rings. The van der Waals surface area contributed by atoms with Crippen LogP contribution in [0.15, 0.2) is 6.07 Å². The van der Waals surface area contributed by atoms with Crippen molar-refractivity contribution in [2.45, 2.75) is 13.0 Å². The van der Waals surface area contributed by atoms with Crippen LogP contribution in [-0.4, -0.2) is 48.5 Å². The zero-order valence-corrected chi connectivity index (χ0v) is 10.2. The van der Waals surface area contributed by atoms with Crippen LogP contribution in [0.4, 0.5) is 5.95 Å². The fourth-order valence-corrected chi connectivity index (χ4v) is 1.42. The van der Waals surface area contributed by atoms with Gasteiger partial charge in [0.05, 0.1) is 12.7 Å². The SMILES string of the molecule is COCC(O)CN(C)c1nc(C)cc(C#N)n1. The summed E-state index contributed by atoms with van der Waals surface area (Å²) in [5.41, 5.74) is 1.04. The maximum atomic E-state index is 9.59. The second kappa shape index (κ2) is 6.13. The molecule has 0 aliphatic rings. The Labute approximate surface area is 100 Å². The number of hydrogen-bond acceptors (Lipinski definition) is 6. The number of nitriles is 1. The summed E-state index contributed by atoms with van der Waals surface area (Å²) in [6.45, 7) is 2.40. The lowest BCUT2D eigenvalue weighted by atomic mass is 10.3. The maximum absolute atomic E-state index is 9.59. The fourth-order valence-electron chi connectivity index (χ4n) is 1.42. The van der Waals surface area contributed by atoms with Gasteiger partial charge in [0.2, 0.25) is 5.95 Å². The van der Waals surface area contributed by atoms with Crippen LogP contribution >= 0.6 is 0 Å². The quantitative estimate of drug-likeness (QED) is 0.780. The summed E-state index contributed by atoms with van der Waals surface area (Å²) in [6.07, 6.45) is -0.611. The summed E-state index contributed by atoms with van der Waals surface area (Å²) in [5, 5.41) is 18.4. The van der Waals surface area contributed by atoms with Crippen LogP contribution < -0.4 is 4.90 Å². The molecule has 0 amide bonds. The molecule has 0 radical (unpaired) electrons. The van der Waals surface area contributed by atoms with E-state index in [1.54, 1.807) is 24.9 Å². The van der Waals surface area contributed by atoms with Crippen molar-refractivity contribution in [3.8, 4) is 6.07 Å². The molecule has 0 aromatic carbocycles. The van der Waals surface area contributed by atoms with Gasteiger partial charge < -0.3 is 14.7 Å².